The van der Waals surface area contributed by atoms with Gasteiger partial charge in [0.15, 0.2) is 11.5 Å². The molecule has 0 bridgehead atoms. The van der Waals surface area contributed by atoms with Gasteiger partial charge in [-0.15, -0.1) is 11.8 Å². The van der Waals surface area contributed by atoms with Crippen molar-refractivity contribution in [3.63, 3.8) is 0 Å². The highest BCUT2D eigenvalue weighted by Gasteiger charge is 2.42. The fraction of sp³-hybridized carbons (Fsp3) is 0.292. The number of rotatable bonds is 8. The molecule has 0 unspecified atom stereocenters. The Morgan fingerprint density at radius 1 is 1.15 bits per heavy atom. The Balaban J connectivity index is 1.48. The van der Waals surface area contributed by atoms with E-state index in [0.29, 0.717) is 22.8 Å². The highest BCUT2D eigenvalue weighted by Crippen LogP contribution is 2.35. The van der Waals surface area contributed by atoms with Crippen molar-refractivity contribution in [3.05, 3.63) is 64.9 Å². The van der Waals surface area contributed by atoms with Crippen LogP contribution in [0.5, 0.6) is 11.5 Å². The molecule has 0 spiro atoms. The van der Waals surface area contributed by atoms with Crippen LogP contribution in [-0.4, -0.2) is 56.4 Å². The van der Waals surface area contributed by atoms with Crippen LogP contribution in [-0.2, 0) is 20.9 Å². The predicted octanol–water partition coefficient (Wildman–Crippen LogP) is 2.62. The lowest BCUT2D eigenvalue weighted by Gasteiger charge is -2.32. The molecule has 2 heterocycles. The molecule has 2 aromatic carbocycles. The first-order valence-electron chi connectivity index (χ1n) is 10.5. The molecule has 3 amide bonds. The zero-order chi connectivity index (χ0) is 24.2. The maximum atomic E-state index is 12.9. The second kappa shape index (κ2) is 10.1. The number of nitrogens with one attached hydrogen (secondary N) is 2. The number of benzene rings is 2. The van der Waals surface area contributed by atoms with E-state index in [0.717, 1.165) is 16.0 Å². The lowest BCUT2D eigenvalue weighted by Crippen LogP contribution is -2.50. The topological polar surface area (TPSA) is 106 Å². The van der Waals surface area contributed by atoms with Gasteiger partial charge >= 0.3 is 12.0 Å². The van der Waals surface area contributed by atoms with Crippen LogP contribution >= 0.6 is 11.8 Å². The lowest BCUT2D eigenvalue weighted by atomic mass is 9.96. The number of esters is 1. The van der Waals surface area contributed by atoms with Crippen LogP contribution in [0.15, 0.2) is 58.6 Å². The molecule has 1 atom stereocenters. The first kappa shape index (κ1) is 23.5. The number of thioether (sulfide) groups is 1. The summed E-state index contributed by atoms with van der Waals surface area (Å²) in [6.45, 7) is -0.0585. The normalized spacial score (nSPS) is 17.1. The molecule has 2 aliphatic heterocycles. The predicted molar refractivity (Wildman–Crippen MR) is 126 cm³/mol. The fourth-order valence-corrected chi connectivity index (χ4v) is 4.32. The number of carbonyl (C=O) groups is 3. The molecule has 9 nitrogen and oxygen atoms in total. The fourth-order valence-electron chi connectivity index (χ4n) is 3.92. The van der Waals surface area contributed by atoms with Crippen molar-refractivity contribution in [2.24, 2.45) is 0 Å². The van der Waals surface area contributed by atoms with E-state index in [2.05, 4.69) is 10.6 Å². The van der Waals surface area contributed by atoms with Gasteiger partial charge in [0.05, 0.1) is 31.5 Å². The van der Waals surface area contributed by atoms with Crippen molar-refractivity contribution in [1.82, 2.24) is 15.5 Å². The second-order valence-electron chi connectivity index (χ2n) is 7.64. The molecule has 0 aromatic heterocycles. The number of ether oxygens (including phenoxy) is 3. The Morgan fingerprint density at radius 3 is 2.56 bits per heavy atom. The van der Waals surface area contributed by atoms with Crippen molar-refractivity contribution in [2.45, 2.75) is 17.5 Å². The molecule has 2 aromatic rings. The smallest absolute Gasteiger partial charge is 0.338 e. The summed E-state index contributed by atoms with van der Waals surface area (Å²) in [7, 11) is 3.09. The summed E-state index contributed by atoms with van der Waals surface area (Å²) in [5.41, 5.74) is 2.34. The monoisotopic (exact) mass is 483 g/mol. The van der Waals surface area contributed by atoms with E-state index >= 15 is 0 Å². The maximum absolute atomic E-state index is 12.9. The molecule has 178 valence electrons. The van der Waals surface area contributed by atoms with Gasteiger partial charge in [-0.2, -0.15) is 0 Å². The average molecular weight is 484 g/mol. The third-order valence-corrected chi connectivity index (χ3v) is 6.43. The quantitative estimate of drug-likeness (QED) is 0.439. The van der Waals surface area contributed by atoms with Gasteiger partial charge in [0.2, 0.25) is 5.91 Å². The highest BCUT2D eigenvalue weighted by atomic mass is 32.2. The van der Waals surface area contributed by atoms with Crippen molar-refractivity contribution in [3.8, 4) is 11.5 Å². The molecule has 0 aliphatic carbocycles. The number of hydrogen-bond acceptors (Lipinski definition) is 7. The van der Waals surface area contributed by atoms with Crippen LogP contribution in [0.4, 0.5) is 4.79 Å². The summed E-state index contributed by atoms with van der Waals surface area (Å²) in [5.74, 6) is 0.270. The van der Waals surface area contributed by atoms with Crippen LogP contribution in [0.25, 0.3) is 0 Å². The van der Waals surface area contributed by atoms with E-state index in [1.54, 1.807) is 31.0 Å². The van der Waals surface area contributed by atoms with Gasteiger partial charge in [-0.3, -0.25) is 9.69 Å². The van der Waals surface area contributed by atoms with Crippen LogP contribution in [0, 0.1) is 0 Å². The molecular formula is C24H25N3O6S. The number of methoxy groups -OCH3 is 2. The Bertz CT molecular complexity index is 1150. The summed E-state index contributed by atoms with van der Waals surface area (Å²) >= 11 is 1.60. The van der Waals surface area contributed by atoms with E-state index in [1.807, 2.05) is 36.6 Å². The van der Waals surface area contributed by atoms with Gasteiger partial charge in [0, 0.05) is 11.4 Å². The van der Waals surface area contributed by atoms with E-state index < -0.39 is 18.0 Å². The first-order chi connectivity index (χ1) is 16.4. The summed E-state index contributed by atoms with van der Waals surface area (Å²) in [4.78, 5) is 40.4. The minimum atomic E-state index is -0.625. The first-order valence-corrected chi connectivity index (χ1v) is 11.8. The van der Waals surface area contributed by atoms with Crippen LogP contribution in [0.2, 0.25) is 0 Å². The van der Waals surface area contributed by atoms with Crippen molar-refractivity contribution in [2.75, 3.05) is 33.6 Å². The molecule has 2 N–H and O–H groups in total. The summed E-state index contributed by atoms with van der Waals surface area (Å²) < 4.78 is 15.7. The standard InChI is InChI=1S/C24H25N3O6S/c1-31-18-9-4-14(10-19(18)32-2)11-25-20(28)12-27-17-13-33-23(29)21(17)22(26-24(27)30)15-5-7-16(34-3)8-6-15/h4-10,22H,11-13H2,1-3H3,(H,25,28)(H,26,30)/t22-/m0/s1. The van der Waals surface area contributed by atoms with Crippen LogP contribution in [0.3, 0.4) is 0 Å². The van der Waals surface area contributed by atoms with Gasteiger partial charge in [0.25, 0.3) is 0 Å². The van der Waals surface area contributed by atoms with Gasteiger partial charge < -0.3 is 24.8 Å². The van der Waals surface area contributed by atoms with Crippen LogP contribution < -0.4 is 20.1 Å². The second-order valence-corrected chi connectivity index (χ2v) is 8.52. The molecule has 0 saturated carbocycles. The van der Waals surface area contributed by atoms with Crippen LogP contribution in [0.1, 0.15) is 17.2 Å². The molecule has 10 heteroatoms. The molecule has 2 aliphatic rings. The third-order valence-electron chi connectivity index (χ3n) is 5.69. The maximum Gasteiger partial charge on any atom is 0.338 e. The van der Waals surface area contributed by atoms with E-state index in [4.69, 9.17) is 14.2 Å². The molecule has 4 rings (SSSR count). The molecule has 34 heavy (non-hydrogen) atoms. The summed E-state index contributed by atoms with van der Waals surface area (Å²) in [6, 6.07) is 11.9. The Kier molecular flexibility index (Phi) is 6.97. The van der Waals surface area contributed by atoms with Gasteiger partial charge in [-0.25, -0.2) is 9.59 Å². The number of amides is 3. The minimum absolute atomic E-state index is 0.0516. The summed E-state index contributed by atoms with van der Waals surface area (Å²) in [6.07, 6.45) is 1.97. The van der Waals surface area contributed by atoms with Gasteiger partial charge in [-0.05, 0) is 41.6 Å². The Morgan fingerprint density at radius 2 is 1.88 bits per heavy atom. The third kappa shape index (κ3) is 4.67. The molecule has 0 radical (unpaired) electrons. The van der Waals surface area contributed by atoms with E-state index in [9.17, 15) is 14.4 Å². The van der Waals surface area contributed by atoms with Gasteiger partial charge in [0.1, 0.15) is 13.2 Å². The lowest BCUT2D eigenvalue weighted by molar-refractivity contribution is -0.136. The molecule has 0 fully saturated rings. The Hall–Kier alpha value is -3.66. The number of urea groups is 1. The number of cyclic esters (lactones) is 1. The van der Waals surface area contributed by atoms with Crippen molar-refractivity contribution in [1.29, 1.82) is 0 Å². The number of carbonyl (C=O) groups excluding carboxylic acids is 3. The van der Waals surface area contributed by atoms with Crippen molar-refractivity contribution < 1.29 is 28.6 Å². The van der Waals surface area contributed by atoms with E-state index in [1.165, 1.54) is 12.0 Å². The minimum Gasteiger partial charge on any atom is -0.493 e. The number of nitrogens with zero attached hydrogens (tertiary/aromatic N) is 1. The van der Waals surface area contributed by atoms with E-state index in [-0.39, 0.29) is 25.6 Å². The summed E-state index contributed by atoms with van der Waals surface area (Å²) in [5, 5.41) is 5.63. The highest BCUT2D eigenvalue weighted by molar-refractivity contribution is 7.98. The SMILES string of the molecule is COc1ccc(CNC(=O)CN2C(=O)N[C@@H](c3ccc(SC)cc3)C3=C2COC3=O)cc1OC. The Labute approximate surface area is 201 Å². The molecule has 0 saturated heterocycles. The largest absolute Gasteiger partial charge is 0.493 e. The van der Waals surface area contributed by atoms with Crippen molar-refractivity contribution >= 4 is 29.7 Å². The number of hydrogen-bond donors (Lipinski definition) is 2. The zero-order valence-corrected chi connectivity index (χ0v) is 19.9. The zero-order valence-electron chi connectivity index (χ0n) is 19.0. The average Bonchev–Trinajstić information content (AvgIpc) is 3.25. The molecular weight excluding hydrogens is 458 g/mol. The van der Waals surface area contributed by atoms with Gasteiger partial charge in [-0.1, -0.05) is 18.2 Å².